The quantitative estimate of drug-likeness (QED) is 0.679. The molecular weight excluding hydrogens is 462 g/mol. The maximum atomic E-state index is 13.5. The van der Waals surface area contributed by atoms with Gasteiger partial charge in [0.05, 0.1) is 10.8 Å². The number of amides is 2. The molecule has 8 heteroatoms. The van der Waals surface area contributed by atoms with Crippen LogP contribution in [0, 0.1) is 25.7 Å². The number of benzene rings is 2. The first-order chi connectivity index (χ1) is 16.6. The van der Waals surface area contributed by atoms with Crippen molar-refractivity contribution >= 4 is 33.2 Å². The van der Waals surface area contributed by atoms with Crippen molar-refractivity contribution in [3.8, 4) is 0 Å². The highest BCUT2D eigenvalue weighted by Gasteiger charge is 2.40. The third kappa shape index (κ3) is 4.61. The molecule has 0 spiro atoms. The molecule has 0 bridgehead atoms. The van der Waals surface area contributed by atoms with Crippen molar-refractivity contribution in [2.75, 3.05) is 23.3 Å². The van der Waals surface area contributed by atoms with Crippen LogP contribution in [-0.2, 0) is 26.0 Å². The Kier molecular flexibility index (Phi) is 6.21. The minimum Gasteiger partial charge on any atom is -0.326 e. The standard InChI is InChI=1S/C27H33N3O4S/c1-17-6-9-23(13-18(17)2)28-26(31)21-5-4-12-29(16-21)35(33,34)24-10-11-25-22(15-24)14-19(3)30(25)27(32)20-7-8-20/h6,9-11,13,15,19-21H,4-5,7-8,12,14,16H2,1-3H3,(H,28,31)/t19-,21+/m1/s1. The number of aryl methyl sites for hydroxylation is 2. The third-order valence-electron chi connectivity index (χ3n) is 7.60. The monoisotopic (exact) mass is 495 g/mol. The predicted molar refractivity (Wildman–Crippen MR) is 136 cm³/mol. The Morgan fingerprint density at radius 1 is 0.971 bits per heavy atom. The number of nitrogens with one attached hydrogen (secondary N) is 1. The zero-order valence-corrected chi connectivity index (χ0v) is 21.4. The van der Waals surface area contributed by atoms with Gasteiger partial charge in [0.1, 0.15) is 0 Å². The first-order valence-electron chi connectivity index (χ1n) is 12.5. The van der Waals surface area contributed by atoms with Gasteiger partial charge in [-0.15, -0.1) is 0 Å². The Hall–Kier alpha value is -2.71. The number of anilines is 2. The van der Waals surface area contributed by atoms with Crippen LogP contribution in [0.25, 0.3) is 0 Å². The van der Waals surface area contributed by atoms with Crippen LogP contribution in [0.1, 0.15) is 49.3 Å². The zero-order chi connectivity index (χ0) is 24.9. The number of hydrogen-bond acceptors (Lipinski definition) is 4. The smallest absolute Gasteiger partial charge is 0.243 e. The highest BCUT2D eigenvalue weighted by Crippen LogP contribution is 2.40. The molecule has 1 aliphatic carbocycles. The Morgan fingerprint density at radius 3 is 2.46 bits per heavy atom. The molecule has 2 atom stereocenters. The van der Waals surface area contributed by atoms with Gasteiger partial charge in [0.25, 0.3) is 0 Å². The van der Waals surface area contributed by atoms with Crippen molar-refractivity contribution in [3.63, 3.8) is 0 Å². The summed E-state index contributed by atoms with van der Waals surface area (Å²) in [6, 6.07) is 10.9. The average molecular weight is 496 g/mol. The number of sulfonamides is 1. The van der Waals surface area contributed by atoms with Gasteiger partial charge in [-0.3, -0.25) is 9.59 Å². The van der Waals surface area contributed by atoms with E-state index in [4.69, 9.17) is 0 Å². The van der Waals surface area contributed by atoms with Gasteiger partial charge in [0.2, 0.25) is 21.8 Å². The van der Waals surface area contributed by atoms with Gasteiger partial charge in [0.15, 0.2) is 0 Å². The van der Waals surface area contributed by atoms with Gasteiger partial charge in [-0.05, 0) is 99.9 Å². The molecular formula is C27H33N3O4S. The molecule has 2 aliphatic heterocycles. The average Bonchev–Trinajstić information content (AvgIpc) is 3.63. The van der Waals surface area contributed by atoms with E-state index in [-0.39, 0.29) is 35.2 Å². The topological polar surface area (TPSA) is 86.8 Å². The number of hydrogen-bond donors (Lipinski definition) is 1. The summed E-state index contributed by atoms with van der Waals surface area (Å²) in [7, 11) is -3.74. The number of carbonyl (C=O) groups excluding carboxylic acids is 2. The van der Waals surface area contributed by atoms with Crippen LogP contribution in [0.2, 0.25) is 0 Å². The second kappa shape index (κ2) is 9.06. The van der Waals surface area contributed by atoms with E-state index in [1.165, 1.54) is 4.31 Å². The minimum atomic E-state index is -3.74. The number of piperidine rings is 1. The van der Waals surface area contributed by atoms with Crippen LogP contribution < -0.4 is 10.2 Å². The molecule has 0 unspecified atom stereocenters. The summed E-state index contributed by atoms with van der Waals surface area (Å²) in [5, 5.41) is 2.96. The molecule has 3 aliphatic rings. The third-order valence-corrected chi connectivity index (χ3v) is 9.46. The van der Waals surface area contributed by atoms with Crippen LogP contribution >= 0.6 is 0 Å². The fraction of sp³-hybridized carbons (Fsp3) is 0.481. The van der Waals surface area contributed by atoms with Crippen molar-refractivity contribution in [1.82, 2.24) is 4.31 Å². The van der Waals surface area contributed by atoms with E-state index >= 15 is 0 Å². The number of carbonyl (C=O) groups is 2. The molecule has 2 heterocycles. The lowest BCUT2D eigenvalue weighted by molar-refractivity contribution is -0.121. The predicted octanol–water partition coefficient (Wildman–Crippen LogP) is 4.03. The van der Waals surface area contributed by atoms with E-state index in [1.54, 1.807) is 18.2 Å². The van der Waals surface area contributed by atoms with Crippen LogP contribution in [0.3, 0.4) is 0 Å². The Labute approximate surface area is 207 Å². The van der Waals surface area contributed by atoms with Crippen molar-refractivity contribution in [1.29, 1.82) is 0 Å². The normalized spacial score (nSPS) is 22.7. The summed E-state index contributed by atoms with van der Waals surface area (Å²) in [4.78, 5) is 27.8. The van der Waals surface area contributed by atoms with Crippen LogP contribution in [0.4, 0.5) is 11.4 Å². The van der Waals surface area contributed by atoms with Gasteiger partial charge in [-0.25, -0.2) is 8.42 Å². The molecule has 2 aromatic rings. The number of nitrogens with zero attached hydrogens (tertiary/aromatic N) is 2. The highest BCUT2D eigenvalue weighted by molar-refractivity contribution is 7.89. The summed E-state index contributed by atoms with van der Waals surface area (Å²) in [6.07, 6.45) is 3.82. The second-order valence-electron chi connectivity index (χ2n) is 10.3. The summed E-state index contributed by atoms with van der Waals surface area (Å²) >= 11 is 0. The Balaban J connectivity index is 1.31. The molecule has 1 saturated heterocycles. The van der Waals surface area contributed by atoms with Crippen molar-refractivity contribution in [2.45, 2.75) is 63.8 Å². The molecule has 1 N–H and O–H groups in total. The fourth-order valence-corrected chi connectivity index (χ4v) is 6.79. The lowest BCUT2D eigenvalue weighted by atomic mass is 9.98. The summed E-state index contributed by atoms with van der Waals surface area (Å²) in [5.74, 6) is -0.279. The number of fused-ring (bicyclic) bond motifs is 1. The van der Waals surface area contributed by atoms with Crippen LogP contribution in [0.15, 0.2) is 41.3 Å². The van der Waals surface area contributed by atoms with Crippen molar-refractivity contribution in [2.24, 2.45) is 11.8 Å². The summed E-state index contributed by atoms with van der Waals surface area (Å²) in [6.45, 7) is 6.59. The summed E-state index contributed by atoms with van der Waals surface area (Å²) in [5.41, 5.74) is 4.71. The van der Waals surface area contributed by atoms with Crippen molar-refractivity contribution in [3.05, 3.63) is 53.1 Å². The van der Waals surface area contributed by atoms with Gasteiger partial charge < -0.3 is 10.2 Å². The maximum absolute atomic E-state index is 13.5. The number of rotatable bonds is 5. The molecule has 0 radical (unpaired) electrons. The van der Waals surface area contributed by atoms with Crippen molar-refractivity contribution < 1.29 is 18.0 Å². The van der Waals surface area contributed by atoms with Crippen LogP contribution in [-0.4, -0.2) is 43.7 Å². The highest BCUT2D eigenvalue weighted by atomic mass is 32.2. The fourth-order valence-electron chi connectivity index (χ4n) is 5.22. The molecule has 35 heavy (non-hydrogen) atoms. The molecule has 0 aromatic heterocycles. The SMILES string of the molecule is Cc1ccc(NC(=O)[C@H]2CCCN(S(=O)(=O)c3ccc4c(c3)C[C@@H](C)N4C(=O)C3CC3)C2)cc1C. The molecule has 2 aromatic carbocycles. The summed E-state index contributed by atoms with van der Waals surface area (Å²) < 4.78 is 28.5. The first-order valence-corrected chi connectivity index (χ1v) is 13.9. The van der Waals surface area contributed by atoms with Crippen LogP contribution in [0.5, 0.6) is 0 Å². The van der Waals surface area contributed by atoms with Gasteiger partial charge >= 0.3 is 0 Å². The minimum absolute atomic E-state index is 0.0320. The maximum Gasteiger partial charge on any atom is 0.243 e. The Bertz CT molecular complexity index is 1290. The van der Waals surface area contributed by atoms with E-state index < -0.39 is 15.9 Å². The van der Waals surface area contributed by atoms with Gasteiger partial charge in [0, 0.05) is 36.4 Å². The molecule has 186 valence electrons. The molecule has 1 saturated carbocycles. The van der Waals surface area contributed by atoms with E-state index in [0.717, 1.165) is 40.9 Å². The van der Waals surface area contributed by atoms with E-state index in [9.17, 15) is 18.0 Å². The van der Waals surface area contributed by atoms with E-state index in [1.807, 2.05) is 43.9 Å². The van der Waals surface area contributed by atoms with E-state index in [2.05, 4.69) is 5.32 Å². The molecule has 7 nitrogen and oxygen atoms in total. The molecule has 2 amide bonds. The lowest BCUT2D eigenvalue weighted by Gasteiger charge is -2.31. The zero-order valence-electron chi connectivity index (χ0n) is 20.6. The largest absolute Gasteiger partial charge is 0.326 e. The van der Waals surface area contributed by atoms with Gasteiger partial charge in [-0.1, -0.05) is 6.07 Å². The molecule has 5 rings (SSSR count). The van der Waals surface area contributed by atoms with Gasteiger partial charge in [-0.2, -0.15) is 4.31 Å². The van der Waals surface area contributed by atoms with E-state index in [0.29, 0.717) is 25.8 Å². The Morgan fingerprint density at radius 2 is 1.74 bits per heavy atom. The lowest BCUT2D eigenvalue weighted by Crippen LogP contribution is -2.43. The molecule has 2 fully saturated rings. The second-order valence-corrected chi connectivity index (χ2v) is 12.3. The first kappa shape index (κ1) is 24.0.